The van der Waals surface area contributed by atoms with Crippen molar-refractivity contribution >= 4 is 16.0 Å². The van der Waals surface area contributed by atoms with E-state index in [4.69, 9.17) is 5.11 Å². The van der Waals surface area contributed by atoms with Gasteiger partial charge < -0.3 is 5.11 Å². The number of carboxylic acid groups (broad SMARTS) is 1. The molecule has 1 saturated heterocycles. The van der Waals surface area contributed by atoms with E-state index in [1.807, 2.05) is 0 Å². The minimum atomic E-state index is -3.40. The van der Waals surface area contributed by atoms with E-state index in [2.05, 4.69) is 0 Å². The predicted molar refractivity (Wildman–Crippen MR) is 86.8 cm³/mol. The quantitative estimate of drug-likeness (QED) is 0.935. The van der Waals surface area contributed by atoms with Crippen molar-refractivity contribution in [1.29, 1.82) is 0 Å². The normalized spacial score (nSPS) is 15.7. The Morgan fingerprint density at radius 2 is 1.35 bits per heavy atom. The molecule has 1 aliphatic rings. The molecular formula is C17H17NO4S. The summed E-state index contributed by atoms with van der Waals surface area (Å²) in [6.45, 7) is 1.17. The Bertz CT molecular complexity index is 805. The highest BCUT2D eigenvalue weighted by molar-refractivity contribution is 7.89. The van der Waals surface area contributed by atoms with Gasteiger partial charge >= 0.3 is 5.97 Å². The standard InChI is InChI=1S/C17H17NO4S/c19-17(20)15-5-3-13(4-6-15)14-7-9-16(10-8-14)23(21,22)18-11-1-2-12-18/h3-10H,1-2,11-12H2,(H,19,20). The fraction of sp³-hybridized carbons (Fsp3) is 0.235. The highest BCUT2D eigenvalue weighted by Gasteiger charge is 2.26. The number of hydrogen-bond donors (Lipinski definition) is 1. The average molecular weight is 331 g/mol. The number of carbonyl (C=O) groups is 1. The Kier molecular flexibility index (Phi) is 4.19. The lowest BCUT2D eigenvalue weighted by Gasteiger charge is -2.15. The van der Waals surface area contributed by atoms with Crippen LogP contribution in [0.25, 0.3) is 11.1 Å². The van der Waals surface area contributed by atoms with Crippen LogP contribution in [0.5, 0.6) is 0 Å². The number of hydrogen-bond acceptors (Lipinski definition) is 3. The van der Waals surface area contributed by atoms with Gasteiger partial charge in [-0.1, -0.05) is 24.3 Å². The summed E-state index contributed by atoms with van der Waals surface area (Å²) in [4.78, 5) is 11.2. The first kappa shape index (κ1) is 15.7. The van der Waals surface area contributed by atoms with Gasteiger partial charge in [0.05, 0.1) is 10.5 Å². The zero-order valence-corrected chi connectivity index (χ0v) is 13.3. The Balaban J connectivity index is 1.85. The van der Waals surface area contributed by atoms with E-state index in [0.29, 0.717) is 18.0 Å². The molecule has 3 rings (SSSR count). The second-order valence-corrected chi connectivity index (χ2v) is 7.46. The molecule has 0 saturated carbocycles. The van der Waals surface area contributed by atoms with E-state index in [1.165, 1.54) is 16.4 Å². The van der Waals surface area contributed by atoms with Crippen molar-refractivity contribution < 1.29 is 18.3 Å². The summed E-state index contributed by atoms with van der Waals surface area (Å²) in [5, 5.41) is 8.90. The second-order valence-electron chi connectivity index (χ2n) is 5.52. The van der Waals surface area contributed by atoms with Crippen molar-refractivity contribution in [2.75, 3.05) is 13.1 Å². The lowest BCUT2D eigenvalue weighted by Crippen LogP contribution is -2.27. The van der Waals surface area contributed by atoms with Crippen LogP contribution in [0.15, 0.2) is 53.4 Å². The lowest BCUT2D eigenvalue weighted by molar-refractivity contribution is 0.0697. The van der Waals surface area contributed by atoms with Gasteiger partial charge in [0.2, 0.25) is 10.0 Å². The van der Waals surface area contributed by atoms with Crippen LogP contribution in [0.1, 0.15) is 23.2 Å². The van der Waals surface area contributed by atoms with Crippen molar-refractivity contribution in [2.45, 2.75) is 17.7 Å². The van der Waals surface area contributed by atoms with Gasteiger partial charge in [0, 0.05) is 13.1 Å². The number of benzene rings is 2. The predicted octanol–water partition coefficient (Wildman–Crippen LogP) is 2.84. The Hall–Kier alpha value is -2.18. The molecule has 1 aliphatic heterocycles. The summed E-state index contributed by atoms with van der Waals surface area (Å²) >= 11 is 0. The highest BCUT2D eigenvalue weighted by Crippen LogP contribution is 2.25. The van der Waals surface area contributed by atoms with Gasteiger partial charge in [-0.2, -0.15) is 4.31 Å². The summed E-state index contributed by atoms with van der Waals surface area (Å²) in [5.41, 5.74) is 1.92. The first-order valence-corrected chi connectivity index (χ1v) is 8.86. The Morgan fingerprint density at radius 1 is 0.870 bits per heavy atom. The van der Waals surface area contributed by atoms with E-state index >= 15 is 0 Å². The lowest BCUT2D eigenvalue weighted by atomic mass is 10.0. The van der Waals surface area contributed by atoms with Gasteiger partial charge in [-0.25, -0.2) is 13.2 Å². The maximum atomic E-state index is 12.5. The summed E-state index contributed by atoms with van der Waals surface area (Å²) < 4.78 is 26.4. The van der Waals surface area contributed by atoms with Crippen LogP contribution < -0.4 is 0 Å². The number of aromatic carboxylic acids is 1. The fourth-order valence-electron chi connectivity index (χ4n) is 2.70. The molecule has 1 N–H and O–H groups in total. The van der Waals surface area contributed by atoms with Crippen molar-refractivity contribution in [3.63, 3.8) is 0 Å². The topological polar surface area (TPSA) is 74.7 Å². The maximum Gasteiger partial charge on any atom is 0.335 e. The molecule has 5 nitrogen and oxygen atoms in total. The van der Waals surface area contributed by atoms with Gasteiger partial charge in [-0.3, -0.25) is 0 Å². The Labute approximate surface area is 135 Å². The monoisotopic (exact) mass is 331 g/mol. The first-order valence-electron chi connectivity index (χ1n) is 7.42. The molecule has 6 heteroatoms. The number of sulfonamides is 1. The fourth-order valence-corrected chi connectivity index (χ4v) is 4.22. The van der Waals surface area contributed by atoms with Crippen LogP contribution in [0.2, 0.25) is 0 Å². The first-order chi connectivity index (χ1) is 11.0. The molecule has 0 unspecified atom stereocenters. The Morgan fingerprint density at radius 3 is 1.83 bits per heavy atom. The molecular weight excluding hydrogens is 314 g/mol. The van der Waals surface area contributed by atoms with Crippen LogP contribution in [0, 0.1) is 0 Å². The average Bonchev–Trinajstić information content (AvgIpc) is 3.10. The summed E-state index contributed by atoms with van der Waals surface area (Å²) in [7, 11) is -3.40. The van der Waals surface area contributed by atoms with Crippen LogP contribution in [-0.2, 0) is 10.0 Å². The molecule has 120 valence electrons. The van der Waals surface area contributed by atoms with Crippen molar-refractivity contribution in [1.82, 2.24) is 4.31 Å². The zero-order valence-electron chi connectivity index (χ0n) is 12.5. The van der Waals surface area contributed by atoms with Crippen molar-refractivity contribution in [3.05, 3.63) is 54.1 Å². The molecule has 0 radical (unpaired) electrons. The largest absolute Gasteiger partial charge is 0.478 e. The van der Waals surface area contributed by atoms with Crippen molar-refractivity contribution in [2.24, 2.45) is 0 Å². The molecule has 23 heavy (non-hydrogen) atoms. The molecule has 1 heterocycles. The minimum Gasteiger partial charge on any atom is -0.478 e. The van der Waals surface area contributed by atoms with Gasteiger partial charge in [0.15, 0.2) is 0 Å². The molecule has 0 bridgehead atoms. The number of carboxylic acids is 1. The third-order valence-corrected chi connectivity index (χ3v) is 5.94. The van der Waals surface area contributed by atoms with Crippen LogP contribution in [0.4, 0.5) is 0 Å². The molecule has 0 atom stereocenters. The smallest absolute Gasteiger partial charge is 0.335 e. The van der Waals surface area contributed by atoms with Gasteiger partial charge in [-0.15, -0.1) is 0 Å². The van der Waals surface area contributed by atoms with Crippen LogP contribution >= 0.6 is 0 Å². The summed E-state index contributed by atoms with van der Waals surface area (Å²) in [6, 6.07) is 13.2. The van der Waals surface area contributed by atoms with E-state index in [1.54, 1.807) is 36.4 Å². The highest BCUT2D eigenvalue weighted by atomic mass is 32.2. The number of nitrogens with zero attached hydrogens (tertiary/aromatic N) is 1. The van der Waals surface area contributed by atoms with E-state index in [-0.39, 0.29) is 5.56 Å². The van der Waals surface area contributed by atoms with Crippen molar-refractivity contribution in [3.8, 4) is 11.1 Å². The molecule has 0 aromatic heterocycles. The second kappa shape index (κ2) is 6.14. The molecule has 0 spiro atoms. The maximum absolute atomic E-state index is 12.5. The molecule has 2 aromatic rings. The van der Waals surface area contributed by atoms with E-state index in [9.17, 15) is 13.2 Å². The van der Waals surface area contributed by atoms with Crippen LogP contribution in [-0.4, -0.2) is 36.9 Å². The third-order valence-electron chi connectivity index (χ3n) is 4.02. The van der Waals surface area contributed by atoms with Gasteiger partial charge in [-0.05, 0) is 48.2 Å². The molecule has 0 amide bonds. The molecule has 2 aromatic carbocycles. The minimum absolute atomic E-state index is 0.224. The zero-order chi connectivity index (χ0) is 16.4. The van der Waals surface area contributed by atoms with E-state index < -0.39 is 16.0 Å². The number of rotatable bonds is 4. The van der Waals surface area contributed by atoms with E-state index in [0.717, 1.165) is 24.0 Å². The van der Waals surface area contributed by atoms with Gasteiger partial charge in [0.25, 0.3) is 0 Å². The van der Waals surface area contributed by atoms with Gasteiger partial charge in [0.1, 0.15) is 0 Å². The summed E-state index contributed by atoms with van der Waals surface area (Å²) in [6.07, 6.45) is 1.82. The third kappa shape index (κ3) is 3.13. The van der Waals surface area contributed by atoms with Crippen LogP contribution in [0.3, 0.4) is 0 Å². The molecule has 1 fully saturated rings. The molecule has 0 aliphatic carbocycles. The summed E-state index contributed by atoms with van der Waals surface area (Å²) in [5.74, 6) is -0.969. The SMILES string of the molecule is O=C(O)c1ccc(-c2ccc(S(=O)(=O)N3CCCC3)cc2)cc1.